The Labute approximate surface area is 114 Å². The second-order valence-electron chi connectivity index (χ2n) is 7.83. The van der Waals surface area contributed by atoms with Crippen LogP contribution in [0.3, 0.4) is 0 Å². The van der Waals surface area contributed by atoms with Gasteiger partial charge in [0.2, 0.25) is 0 Å². The lowest BCUT2D eigenvalue weighted by Gasteiger charge is -2.18. The van der Waals surface area contributed by atoms with Gasteiger partial charge in [-0.25, -0.2) is 8.42 Å². The Kier molecular flexibility index (Phi) is 6.91. The highest BCUT2D eigenvalue weighted by molar-refractivity contribution is 7.91. The van der Waals surface area contributed by atoms with Crippen LogP contribution in [-0.4, -0.2) is 19.9 Å². The molecule has 0 heterocycles. The van der Waals surface area contributed by atoms with Crippen molar-refractivity contribution in [2.24, 2.45) is 10.8 Å². The Hall–Kier alpha value is -0.0500. The predicted octanol–water partition coefficient (Wildman–Crippen LogP) is 4.44. The molecule has 0 aliphatic heterocycles. The van der Waals surface area contributed by atoms with Crippen LogP contribution in [-0.2, 0) is 9.84 Å². The quantitative estimate of drug-likeness (QED) is 0.644. The van der Waals surface area contributed by atoms with Crippen LogP contribution in [0.4, 0.5) is 0 Å². The standard InChI is InChI=1S/C15H32O2S/c1-14(2,3)10-8-7-9-12-18(16,17)13-11-15(4,5)6/h7-13H2,1-6H3. The zero-order chi connectivity index (χ0) is 14.4. The van der Waals surface area contributed by atoms with Crippen molar-refractivity contribution in [1.82, 2.24) is 0 Å². The van der Waals surface area contributed by atoms with Crippen LogP contribution in [0.25, 0.3) is 0 Å². The first-order valence-corrected chi connectivity index (χ1v) is 8.94. The molecule has 0 fully saturated rings. The van der Waals surface area contributed by atoms with Crippen molar-refractivity contribution in [2.45, 2.75) is 73.6 Å². The van der Waals surface area contributed by atoms with Gasteiger partial charge < -0.3 is 0 Å². The Morgan fingerprint density at radius 3 is 1.61 bits per heavy atom. The molecule has 0 atom stereocenters. The highest BCUT2D eigenvalue weighted by Gasteiger charge is 2.17. The van der Waals surface area contributed by atoms with Gasteiger partial charge in [0, 0.05) is 0 Å². The average Bonchev–Trinajstić information content (AvgIpc) is 2.11. The van der Waals surface area contributed by atoms with Crippen molar-refractivity contribution in [3.63, 3.8) is 0 Å². The second-order valence-corrected chi connectivity index (χ2v) is 10.1. The topological polar surface area (TPSA) is 34.1 Å². The molecule has 0 amide bonds. The zero-order valence-electron chi connectivity index (χ0n) is 13.2. The lowest BCUT2D eigenvalue weighted by Crippen LogP contribution is -2.17. The fourth-order valence-corrected chi connectivity index (χ4v) is 3.49. The summed E-state index contributed by atoms with van der Waals surface area (Å²) in [5.74, 6) is 0.711. The summed E-state index contributed by atoms with van der Waals surface area (Å²) < 4.78 is 23.7. The number of rotatable bonds is 7. The van der Waals surface area contributed by atoms with E-state index >= 15 is 0 Å². The van der Waals surface area contributed by atoms with Gasteiger partial charge in [-0.05, 0) is 30.1 Å². The molecule has 18 heavy (non-hydrogen) atoms. The largest absolute Gasteiger partial charge is 0.229 e. The molecular formula is C15H32O2S. The van der Waals surface area contributed by atoms with Gasteiger partial charge in [-0.2, -0.15) is 0 Å². The van der Waals surface area contributed by atoms with Gasteiger partial charge in [-0.3, -0.25) is 0 Å². The monoisotopic (exact) mass is 276 g/mol. The van der Waals surface area contributed by atoms with Crippen molar-refractivity contribution in [2.75, 3.05) is 11.5 Å². The van der Waals surface area contributed by atoms with Gasteiger partial charge in [0.05, 0.1) is 11.5 Å². The van der Waals surface area contributed by atoms with E-state index in [9.17, 15) is 8.42 Å². The number of hydrogen-bond acceptors (Lipinski definition) is 2. The van der Waals surface area contributed by atoms with E-state index in [4.69, 9.17) is 0 Å². The van der Waals surface area contributed by atoms with Crippen molar-refractivity contribution in [3.8, 4) is 0 Å². The molecule has 2 nitrogen and oxygen atoms in total. The van der Waals surface area contributed by atoms with E-state index in [2.05, 4.69) is 41.5 Å². The van der Waals surface area contributed by atoms with Crippen LogP contribution in [0.1, 0.15) is 73.6 Å². The maximum absolute atomic E-state index is 11.8. The summed E-state index contributed by atoms with van der Waals surface area (Å²) >= 11 is 0. The van der Waals surface area contributed by atoms with Crippen LogP contribution in [0.2, 0.25) is 0 Å². The molecule has 0 unspecified atom stereocenters. The number of unbranched alkanes of at least 4 members (excludes halogenated alkanes) is 2. The first kappa shape index (κ1) is 17.9. The van der Waals surface area contributed by atoms with Gasteiger partial charge in [0.1, 0.15) is 9.84 Å². The zero-order valence-corrected chi connectivity index (χ0v) is 14.0. The van der Waals surface area contributed by atoms with Gasteiger partial charge in [-0.15, -0.1) is 0 Å². The molecule has 0 rings (SSSR count). The van der Waals surface area contributed by atoms with E-state index in [1.165, 1.54) is 6.42 Å². The first-order valence-electron chi connectivity index (χ1n) is 7.12. The lowest BCUT2D eigenvalue weighted by atomic mass is 9.90. The average molecular weight is 276 g/mol. The van der Waals surface area contributed by atoms with Gasteiger partial charge in [0.25, 0.3) is 0 Å². The third-order valence-electron chi connectivity index (χ3n) is 3.05. The Balaban J connectivity index is 3.79. The van der Waals surface area contributed by atoms with Gasteiger partial charge in [0.15, 0.2) is 0 Å². The summed E-state index contributed by atoms with van der Waals surface area (Å²) in [4.78, 5) is 0. The van der Waals surface area contributed by atoms with E-state index in [1.807, 2.05) is 0 Å². The molecule has 0 spiro atoms. The van der Waals surface area contributed by atoms with E-state index in [0.717, 1.165) is 25.7 Å². The van der Waals surface area contributed by atoms with E-state index in [0.29, 0.717) is 16.9 Å². The predicted molar refractivity (Wildman–Crippen MR) is 80.6 cm³/mol. The highest BCUT2D eigenvalue weighted by atomic mass is 32.2. The van der Waals surface area contributed by atoms with Gasteiger partial charge >= 0.3 is 0 Å². The normalized spacial score (nSPS) is 13.9. The van der Waals surface area contributed by atoms with Crippen molar-refractivity contribution < 1.29 is 8.42 Å². The van der Waals surface area contributed by atoms with Crippen molar-refractivity contribution in [1.29, 1.82) is 0 Å². The van der Waals surface area contributed by atoms with Crippen LogP contribution in [0, 0.1) is 10.8 Å². The molecule has 0 radical (unpaired) electrons. The van der Waals surface area contributed by atoms with E-state index in [1.54, 1.807) is 0 Å². The summed E-state index contributed by atoms with van der Waals surface area (Å²) in [5, 5.41) is 0. The molecule has 0 saturated carbocycles. The first-order chi connectivity index (χ1) is 7.91. The Morgan fingerprint density at radius 1 is 0.667 bits per heavy atom. The summed E-state index contributed by atoms with van der Waals surface area (Å²) in [6.45, 7) is 13.0. The number of hydrogen-bond donors (Lipinski definition) is 0. The third kappa shape index (κ3) is 12.4. The summed E-state index contributed by atoms with van der Waals surface area (Å²) in [6, 6.07) is 0. The molecule has 0 N–H and O–H groups in total. The van der Waals surface area contributed by atoms with Crippen LogP contribution in [0.15, 0.2) is 0 Å². The van der Waals surface area contributed by atoms with Crippen molar-refractivity contribution >= 4 is 9.84 Å². The summed E-state index contributed by atoms with van der Waals surface area (Å²) in [5.41, 5.74) is 0.477. The molecule has 0 aromatic rings. The van der Waals surface area contributed by atoms with Crippen LogP contribution < -0.4 is 0 Å². The third-order valence-corrected chi connectivity index (χ3v) is 4.78. The minimum Gasteiger partial charge on any atom is -0.229 e. The highest BCUT2D eigenvalue weighted by Crippen LogP contribution is 2.23. The fraction of sp³-hybridized carbons (Fsp3) is 1.00. The minimum atomic E-state index is -2.83. The second kappa shape index (κ2) is 6.93. The van der Waals surface area contributed by atoms with Crippen LogP contribution >= 0.6 is 0 Å². The lowest BCUT2D eigenvalue weighted by molar-refractivity contribution is 0.359. The van der Waals surface area contributed by atoms with E-state index < -0.39 is 9.84 Å². The Morgan fingerprint density at radius 2 is 1.17 bits per heavy atom. The fourth-order valence-electron chi connectivity index (χ4n) is 1.72. The minimum absolute atomic E-state index is 0.110. The molecule has 110 valence electrons. The SMILES string of the molecule is CC(C)(C)CCCCCS(=O)(=O)CCC(C)(C)C. The number of sulfone groups is 1. The molecule has 0 aromatic carbocycles. The van der Waals surface area contributed by atoms with E-state index in [-0.39, 0.29) is 5.41 Å². The smallest absolute Gasteiger partial charge is 0.150 e. The summed E-state index contributed by atoms with van der Waals surface area (Å²) in [6.07, 6.45) is 4.93. The maximum atomic E-state index is 11.8. The molecule has 0 aliphatic rings. The molecule has 0 bridgehead atoms. The molecule has 3 heteroatoms. The summed E-state index contributed by atoms with van der Waals surface area (Å²) in [7, 11) is -2.83. The molecule has 0 aliphatic carbocycles. The van der Waals surface area contributed by atoms with Crippen LogP contribution in [0.5, 0.6) is 0 Å². The molecule has 0 aromatic heterocycles. The molecular weight excluding hydrogens is 244 g/mol. The molecule has 0 saturated heterocycles. The van der Waals surface area contributed by atoms with Crippen molar-refractivity contribution in [3.05, 3.63) is 0 Å². The van der Waals surface area contributed by atoms with Gasteiger partial charge in [-0.1, -0.05) is 54.4 Å². The Bertz CT molecular complexity index is 315. The maximum Gasteiger partial charge on any atom is 0.150 e.